The molecule has 0 aliphatic carbocycles. The smallest absolute Gasteiger partial charge is 0.257 e. The first-order valence-electron chi connectivity index (χ1n) is 14.1. The summed E-state index contributed by atoms with van der Waals surface area (Å²) in [6.45, 7) is 3.27. The molecule has 41 heavy (non-hydrogen) atoms. The topological polar surface area (TPSA) is 65.2 Å². The van der Waals surface area contributed by atoms with Crippen molar-refractivity contribution in [2.75, 3.05) is 26.2 Å². The Labute approximate surface area is 238 Å². The van der Waals surface area contributed by atoms with Crippen LogP contribution in [0.15, 0.2) is 79.0 Å². The number of benzene rings is 3. The maximum Gasteiger partial charge on any atom is 0.257 e. The molecule has 0 radical (unpaired) electrons. The fourth-order valence-corrected chi connectivity index (χ4v) is 6.17. The number of carbonyl (C=O) groups excluding carboxylic acids is 1. The summed E-state index contributed by atoms with van der Waals surface area (Å²) in [6.07, 6.45) is 4.13. The lowest BCUT2D eigenvalue weighted by molar-refractivity contribution is 0.0788. The first kappa shape index (κ1) is 26.9. The Kier molecular flexibility index (Phi) is 7.62. The summed E-state index contributed by atoms with van der Waals surface area (Å²) in [5, 5.41) is 13.7. The fourth-order valence-electron chi connectivity index (χ4n) is 6.17. The highest BCUT2D eigenvalue weighted by atomic mass is 19.1. The molecule has 1 aromatic heterocycles. The van der Waals surface area contributed by atoms with Gasteiger partial charge >= 0.3 is 0 Å². The lowest BCUT2D eigenvalue weighted by atomic mass is 9.90. The molecule has 0 unspecified atom stereocenters. The molecule has 2 saturated heterocycles. The molecule has 0 saturated carbocycles. The average molecular weight is 552 g/mol. The first-order valence-corrected chi connectivity index (χ1v) is 14.1. The second kappa shape index (κ2) is 11.6. The molecule has 8 heteroatoms. The predicted octanol–water partition coefficient (Wildman–Crippen LogP) is 6.03. The van der Waals surface area contributed by atoms with E-state index in [4.69, 9.17) is 5.26 Å². The molecule has 0 spiro atoms. The minimum Gasteiger partial charge on any atom is -0.338 e. The van der Waals surface area contributed by atoms with Gasteiger partial charge in [0.2, 0.25) is 0 Å². The molecule has 0 N–H and O–H groups in total. The summed E-state index contributed by atoms with van der Waals surface area (Å²) in [6, 6.07) is 23.1. The summed E-state index contributed by atoms with van der Waals surface area (Å²) in [7, 11) is 0. The average Bonchev–Trinajstić information content (AvgIpc) is 3.68. The van der Waals surface area contributed by atoms with Crippen molar-refractivity contribution in [3.8, 4) is 11.8 Å². The molecule has 3 heterocycles. The van der Waals surface area contributed by atoms with Crippen LogP contribution in [0, 0.1) is 23.0 Å². The number of hydrogen-bond acceptors (Lipinski definition) is 4. The van der Waals surface area contributed by atoms with Crippen molar-refractivity contribution in [1.82, 2.24) is 19.6 Å². The van der Waals surface area contributed by atoms with E-state index in [0.29, 0.717) is 47.9 Å². The normalized spacial score (nSPS) is 18.0. The Balaban J connectivity index is 1.23. The van der Waals surface area contributed by atoms with Crippen molar-refractivity contribution in [2.24, 2.45) is 0 Å². The number of nitriles is 1. The summed E-state index contributed by atoms with van der Waals surface area (Å²) < 4.78 is 30.0. The summed E-state index contributed by atoms with van der Waals surface area (Å²) >= 11 is 0. The maximum absolute atomic E-state index is 14.5. The third kappa shape index (κ3) is 5.63. The van der Waals surface area contributed by atoms with E-state index in [1.807, 2.05) is 29.2 Å². The second-order valence-electron chi connectivity index (χ2n) is 10.9. The van der Waals surface area contributed by atoms with Gasteiger partial charge in [0, 0.05) is 37.0 Å². The number of halogens is 2. The Morgan fingerprint density at radius 2 is 1.66 bits per heavy atom. The van der Waals surface area contributed by atoms with E-state index >= 15 is 0 Å². The number of aromatic nitrogens is 2. The van der Waals surface area contributed by atoms with Gasteiger partial charge in [0.05, 0.1) is 34.8 Å². The van der Waals surface area contributed by atoms with Crippen LogP contribution in [-0.2, 0) is 6.54 Å². The summed E-state index contributed by atoms with van der Waals surface area (Å²) in [4.78, 5) is 18.0. The monoisotopic (exact) mass is 551 g/mol. The van der Waals surface area contributed by atoms with Gasteiger partial charge in [0.25, 0.3) is 5.91 Å². The summed E-state index contributed by atoms with van der Waals surface area (Å²) in [5.41, 5.74) is 4.29. The van der Waals surface area contributed by atoms with Crippen molar-refractivity contribution < 1.29 is 13.6 Å². The van der Waals surface area contributed by atoms with Crippen LogP contribution in [-0.4, -0.2) is 51.7 Å². The Morgan fingerprint density at radius 1 is 0.927 bits per heavy atom. The highest BCUT2D eigenvalue weighted by molar-refractivity contribution is 5.95. The van der Waals surface area contributed by atoms with Crippen LogP contribution in [0.25, 0.3) is 5.69 Å². The molecule has 2 fully saturated rings. The fraction of sp³-hybridized carbons (Fsp3) is 0.303. The number of piperidine rings is 1. The second-order valence-corrected chi connectivity index (χ2v) is 10.9. The van der Waals surface area contributed by atoms with Gasteiger partial charge in [-0.15, -0.1) is 0 Å². The van der Waals surface area contributed by atoms with E-state index in [1.54, 1.807) is 35.1 Å². The number of hydrogen-bond donors (Lipinski definition) is 0. The molecule has 2 aliphatic rings. The minimum atomic E-state index is -0.368. The van der Waals surface area contributed by atoms with Gasteiger partial charge in [-0.3, -0.25) is 9.69 Å². The highest BCUT2D eigenvalue weighted by Crippen LogP contribution is 2.35. The lowest BCUT2D eigenvalue weighted by Crippen LogP contribution is -2.34. The van der Waals surface area contributed by atoms with E-state index in [1.165, 1.54) is 23.8 Å². The molecule has 208 valence electrons. The third-order valence-electron chi connectivity index (χ3n) is 8.40. The largest absolute Gasteiger partial charge is 0.338 e. The van der Waals surface area contributed by atoms with Gasteiger partial charge in [-0.25, -0.2) is 13.5 Å². The van der Waals surface area contributed by atoms with E-state index in [0.717, 1.165) is 38.0 Å². The molecule has 0 bridgehead atoms. The lowest BCUT2D eigenvalue weighted by Gasteiger charge is -2.33. The SMILES string of the molecule is N#Cc1ccc(CN2CCC(c3c(C(=O)N4CC[C@H](c5ccccc5)C4)cnn3-c3ccc(F)cc3)CC2)c(F)c1. The molecule has 3 aromatic carbocycles. The van der Waals surface area contributed by atoms with E-state index in [2.05, 4.69) is 22.1 Å². The molecular weight excluding hydrogens is 520 g/mol. The number of likely N-dealkylation sites (tertiary alicyclic amines) is 2. The van der Waals surface area contributed by atoms with Crippen molar-refractivity contribution in [3.63, 3.8) is 0 Å². The van der Waals surface area contributed by atoms with Crippen LogP contribution in [0.1, 0.15) is 63.8 Å². The molecular formula is C33H31F2N5O. The van der Waals surface area contributed by atoms with Crippen LogP contribution in [0.4, 0.5) is 8.78 Å². The molecule has 6 rings (SSSR count). The number of nitrogens with zero attached hydrogens (tertiary/aromatic N) is 5. The van der Waals surface area contributed by atoms with Crippen molar-refractivity contribution >= 4 is 5.91 Å². The van der Waals surface area contributed by atoms with Gasteiger partial charge in [-0.1, -0.05) is 36.4 Å². The van der Waals surface area contributed by atoms with E-state index in [-0.39, 0.29) is 23.5 Å². The van der Waals surface area contributed by atoms with Gasteiger partial charge in [-0.2, -0.15) is 10.4 Å². The number of amides is 1. The third-order valence-corrected chi connectivity index (χ3v) is 8.40. The zero-order valence-corrected chi connectivity index (χ0v) is 22.7. The van der Waals surface area contributed by atoms with Crippen LogP contribution >= 0.6 is 0 Å². The quantitative estimate of drug-likeness (QED) is 0.294. The summed E-state index contributed by atoms with van der Waals surface area (Å²) in [5.74, 6) is -0.342. The van der Waals surface area contributed by atoms with Crippen LogP contribution < -0.4 is 0 Å². The Morgan fingerprint density at radius 3 is 2.37 bits per heavy atom. The van der Waals surface area contributed by atoms with E-state index in [9.17, 15) is 13.6 Å². The van der Waals surface area contributed by atoms with Gasteiger partial charge in [0.15, 0.2) is 0 Å². The number of rotatable bonds is 6. The Bertz CT molecular complexity index is 1570. The van der Waals surface area contributed by atoms with E-state index < -0.39 is 0 Å². The minimum absolute atomic E-state index is 0.0196. The molecule has 2 aliphatic heterocycles. The van der Waals surface area contributed by atoms with Crippen molar-refractivity contribution in [3.05, 3.63) is 119 Å². The van der Waals surface area contributed by atoms with Crippen molar-refractivity contribution in [1.29, 1.82) is 5.26 Å². The van der Waals surface area contributed by atoms with Crippen LogP contribution in [0.3, 0.4) is 0 Å². The van der Waals surface area contributed by atoms with Crippen LogP contribution in [0.5, 0.6) is 0 Å². The molecule has 1 atom stereocenters. The molecule has 4 aromatic rings. The Hall–Kier alpha value is -4.35. The van der Waals surface area contributed by atoms with Gasteiger partial charge < -0.3 is 4.90 Å². The zero-order chi connectivity index (χ0) is 28.3. The van der Waals surface area contributed by atoms with Gasteiger partial charge in [0.1, 0.15) is 11.6 Å². The maximum atomic E-state index is 14.5. The standard InChI is InChI=1S/C33H31F2N5O/c34-28-8-10-29(11-9-28)40-32(25-12-15-38(16-13-25)21-27-7-6-23(19-36)18-31(27)35)30(20-37-40)33(41)39-17-14-26(22-39)24-4-2-1-3-5-24/h1-11,18,20,25-26H,12-17,21-22H2/t26-/m0/s1. The van der Waals surface area contributed by atoms with Gasteiger partial charge in [-0.05, 0) is 74.3 Å². The first-order chi connectivity index (χ1) is 20.0. The highest BCUT2D eigenvalue weighted by Gasteiger charge is 2.34. The molecule has 6 nitrogen and oxygen atoms in total. The zero-order valence-electron chi connectivity index (χ0n) is 22.7. The number of carbonyl (C=O) groups is 1. The molecule has 1 amide bonds. The predicted molar refractivity (Wildman–Crippen MR) is 152 cm³/mol. The van der Waals surface area contributed by atoms with Crippen molar-refractivity contribution in [2.45, 2.75) is 37.6 Å². The van der Waals surface area contributed by atoms with Crippen LogP contribution in [0.2, 0.25) is 0 Å².